The molecule has 172 valence electrons. The van der Waals surface area contributed by atoms with Gasteiger partial charge >= 0.3 is 0 Å². The predicted molar refractivity (Wildman–Crippen MR) is 126 cm³/mol. The smallest absolute Gasteiger partial charge is 0.237 e. The maximum atomic E-state index is 12.6. The van der Waals surface area contributed by atoms with Gasteiger partial charge in [0.25, 0.3) is 0 Å². The lowest BCUT2D eigenvalue weighted by Gasteiger charge is -2.12. The summed E-state index contributed by atoms with van der Waals surface area (Å²) in [6, 6.07) is 11.0. The van der Waals surface area contributed by atoms with E-state index in [2.05, 4.69) is 20.8 Å². The highest BCUT2D eigenvalue weighted by Crippen LogP contribution is 2.34. The summed E-state index contributed by atoms with van der Waals surface area (Å²) in [4.78, 5) is 25.1. The van der Waals surface area contributed by atoms with Crippen molar-refractivity contribution in [2.75, 3.05) is 17.4 Å². The summed E-state index contributed by atoms with van der Waals surface area (Å²) in [5, 5.41) is 14.2. The molecule has 1 atom stereocenters. The molecular formula is C23H25N5O4S. The Hall–Kier alpha value is -3.53. The van der Waals surface area contributed by atoms with E-state index in [9.17, 15) is 9.59 Å². The van der Waals surface area contributed by atoms with E-state index in [0.29, 0.717) is 28.2 Å². The van der Waals surface area contributed by atoms with Crippen LogP contribution in [-0.4, -0.2) is 38.6 Å². The number of rotatable bonds is 7. The molecule has 0 radical (unpaired) electrons. The molecule has 33 heavy (non-hydrogen) atoms. The van der Waals surface area contributed by atoms with Gasteiger partial charge in [-0.3, -0.25) is 9.59 Å². The number of ether oxygens (including phenoxy) is 2. The molecule has 2 amide bonds. The van der Waals surface area contributed by atoms with Crippen LogP contribution in [0.15, 0.2) is 41.6 Å². The zero-order valence-corrected chi connectivity index (χ0v) is 19.7. The molecule has 4 rings (SSSR count). The summed E-state index contributed by atoms with van der Waals surface area (Å²) in [6.07, 6.45) is 0.0781. The first-order valence-electron chi connectivity index (χ1n) is 10.4. The molecule has 1 aliphatic rings. The number of benzene rings is 2. The molecule has 1 aliphatic heterocycles. The normalized spacial score (nSPS) is 13.0. The molecule has 0 bridgehead atoms. The van der Waals surface area contributed by atoms with Gasteiger partial charge in [-0.25, -0.2) is 0 Å². The van der Waals surface area contributed by atoms with Crippen molar-refractivity contribution in [3.05, 3.63) is 53.3 Å². The van der Waals surface area contributed by atoms with E-state index in [-0.39, 0.29) is 25.0 Å². The van der Waals surface area contributed by atoms with E-state index >= 15 is 0 Å². The average molecular weight is 468 g/mol. The van der Waals surface area contributed by atoms with Crippen LogP contribution in [0.4, 0.5) is 11.4 Å². The first-order chi connectivity index (χ1) is 15.8. The fraction of sp³-hybridized carbons (Fsp3) is 0.304. The summed E-state index contributed by atoms with van der Waals surface area (Å²) < 4.78 is 12.4. The van der Waals surface area contributed by atoms with Crippen molar-refractivity contribution in [3.63, 3.8) is 0 Å². The molecule has 3 aromatic rings. The monoisotopic (exact) mass is 467 g/mol. The summed E-state index contributed by atoms with van der Waals surface area (Å²) in [6.45, 7) is 5.99. The van der Waals surface area contributed by atoms with Crippen LogP contribution in [0, 0.1) is 13.8 Å². The minimum atomic E-state index is -0.435. The molecule has 0 unspecified atom stereocenters. The van der Waals surface area contributed by atoms with Gasteiger partial charge in [0, 0.05) is 24.5 Å². The fourth-order valence-electron chi connectivity index (χ4n) is 3.20. The Morgan fingerprint density at radius 1 is 1.03 bits per heavy atom. The molecule has 2 heterocycles. The van der Waals surface area contributed by atoms with Gasteiger partial charge in [0.05, 0.1) is 11.7 Å². The number of carbonyl (C=O) groups is 2. The lowest BCUT2D eigenvalue weighted by atomic mass is 10.1. The largest absolute Gasteiger partial charge is 0.454 e. The number of thioether (sulfide) groups is 1. The van der Waals surface area contributed by atoms with Crippen LogP contribution < -0.4 is 20.1 Å². The molecular weight excluding hydrogens is 442 g/mol. The van der Waals surface area contributed by atoms with Crippen molar-refractivity contribution in [2.45, 2.75) is 37.6 Å². The highest BCUT2D eigenvalue weighted by molar-refractivity contribution is 8.00. The third-order valence-electron chi connectivity index (χ3n) is 5.33. The average Bonchev–Trinajstić information content (AvgIpc) is 3.38. The number of anilines is 2. The fourth-order valence-corrected chi connectivity index (χ4v) is 4.03. The minimum Gasteiger partial charge on any atom is -0.454 e. The van der Waals surface area contributed by atoms with E-state index < -0.39 is 5.25 Å². The van der Waals surface area contributed by atoms with Crippen LogP contribution in [0.1, 0.15) is 23.9 Å². The summed E-state index contributed by atoms with van der Waals surface area (Å²) >= 11 is 1.27. The van der Waals surface area contributed by atoms with E-state index in [1.165, 1.54) is 17.3 Å². The predicted octanol–water partition coefficient (Wildman–Crippen LogP) is 3.46. The number of nitrogens with one attached hydrogen (secondary N) is 2. The van der Waals surface area contributed by atoms with E-state index in [0.717, 1.165) is 11.3 Å². The zero-order chi connectivity index (χ0) is 23.5. The van der Waals surface area contributed by atoms with Gasteiger partial charge in [-0.05, 0) is 56.2 Å². The lowest BCUT2D eigenvalue weighted by molar-refractivity contribution is -0.116. The number of fused-ring (bicyclic) bond motifs is 1. The molecule has 2 N–H and O–H groups in total. The van der Waals surface area contributed by atoms with Gasteiger partial charge in [-0.2, -0.15) is 0 Å². The Kier molecular flexibility index (Phi) is 6.55. The van der Waals surface area contributed by atoms with Crippen molar-refractivity contribution < 1.29 is 19.1 Å². The van der Waals surface area contributed by atoms with E-state index in [1.807, 2.05) is 32.0 Å². The maximum absolute atomic E-state index is 12.6. The van der Waals surface area contributed by atoms with Gasteiger partial charge in [-0.15, -0.1) is 10.2 Å². The minimum absolute atomic E-state index is 0.0781. The van der Waals surface area contributed by atoms with Gasteiger partial charge in [0.15, 0.2) is 16.7 Å². The third-order valence-corrected chi connectivity index (χ3v) is 6.46. The SMILES string of the molecule is Cc1ccc(NC(=O)Cc2nnc(S[C@H](C)C(=O)Nc3ccc4c(c3)OCO4)n2C)cc1C. The number of hydrogen-bond donors (Lipinski definition) is 2. The number of aromatic nitrogens is 3. The molecule has 0 aliphatic carbocycles. The number of carbonyl (C=O) groups excluding carboxylic acids is 2. The van der Waals surface area contributed by atoms with Crippen molar-refractivity contribution in [2.24, 2.45) is 7.05 Å². The Balaban J connectivity index is 1.34. The van der Waals surface area contributed by atoms with Crippen LogP contribution in [0.25, 0.3) is 0 Å². The zero-order valence-electron chi connectivity index (χ0n) is 18.8. The molecule has 0 fully saturated rings. The molecule has 1 aromatic heterocycles. The second-order valence-electron chi connectivity index (χ2n) is 7.80. The Bertz CT molecular complexity index is 1210. The van der Waals surface area contributed by atoms with Crippen molar-refractivity contribution in [3.8, 4) is 11.5 Å². The molecule has 2 aromatic carbocycles. The topological polar surface area (TPSA) is 107 Å². The molecule has 0 saturated heterocycles. The second kappa shape index (κ2) is 9.53. The lowest BCUT2D eigenvalue weighted by Crippen LogP contribution is -2.23. The molecule has 10 heteroatoms. The van der Waals surface area contributed by atoms with Gasteiger partial charge < -0.3 is 24.7 Å². The molecule has 9 nitrogen and oxygen atoms in total. The van der Waals surface area contributed by atoms with Crippen molar-refractivity contribution >= 4 is 35.0 Å². The van der Waals surface area contributed by atoms with Crippen molar-refractivity contribution in [1.29, 1.82) is 0 Å². The van der Waals surface area contributed by atoms with Crippen LogP contribution in [0.5, 0.6) is 11.5 Å². The second-order valence-corrected chi connectivity index (χ2v) is 9.11. The van der Waals surface area contributed by atoms with E-state index in [1.54, 1.807) is 36.7 Å². The molecule has 0 spiro atoms. The summed E-state index contributed by atoms with van der Waals surface area (Å²) in [5.74, 6) is 1.41. The van der Waals surface area contributed by atoms with Crippen LogP contribution in [-0.2, 0) is 23.1 Å². The van der Waals surface area contributed by atoms with Gasteiger partial charge in [0.2, 0.25) is 18.6 Å². The quantitative estimate of drug-likeness (QED) is 0.513. The van der Waals surface area contributed by atoms with Gasteiger partial charge in [0.1, 0.15) is 5.82 Å². The highest BCUT2D eigenvalue weighted by atomic mass is 32.2. The van der Waals surface area contributed by atoms with E-state index in [4.69, 9.17) is 9.47 Å². The maximum Gasteiger partial charge on any atom is 0.237 e. The van der Waals surface area contributed by atoms with Gasteiger partial charge in [-0.1, -0.05) is 17.8 Å². The number of aryl methyl sites for hydroxylation is 2. The third kappa shape index (κ3) is 5.28. The Morgan fingerprint density at radius 2 is 1.76 bits per heavy atom. The summed E-state index contributed by atoms with van der Waals surface area (Å²) in [7, 11) is 1.78. The number of amides is 2. The number of hydrogen-bond acceptors (Lipinski definition) is 7. The first-order valence-corrected chi connectivity index (χ1v) is 11.3. The van der Waals surface area contributed by atoms with Crippen LogP contribution in [0.2, 0.25) is 0 Å². The molecule has 0 saturated carbocycles. The Morgan fingerprint density at radius 3 is 2.55 bits per heavy atom. The summed E-state index contributed by atoms with van der Waals surface area (Å²) in [5.41, 5.74) is 3.64. The Labute approximate surface area is 195 Å². The van der Waals surface area contributed by atoms with Crippen LogP contribution >= 0.6 is 11.8 Å². The van der Waals surface area contributed by atoms with Crippen LogP contribution in [0.3, 0.4) is 0 Å². The first kappa shape index (κ1) is 22.7. The number of nitrogens with zero attached hydrogens (tertiary/aromatic N) is 3. The standard InChI is InChI=1S/C23H25N5O4S/c1-13-5-6-16(9-14(13)2)24-21(29)11-20-26-27-23(28(20)4)33-15(3)22(30)25-17-7-8-18-19(10-17)32-12-31-18/h5-10,15H,11-12H2,1-4H3,(H,24,29)(H,25,30)/t15-/m1/s1. The highest BCUT2D eigenvalue weighted by Gasteiger charge is 2.21. The van der Waals surface area contributed by atoms with Crippen molar-refractivity contribution in [1.82, 2.24) is 14.8 Å².